The molecule has 0 aliphatic rings. The molecule has 5 nitrogen and oxygen atoms in total. The van der Waals surface area contributed by atoms with E-state index in [1.165, 1.54) is 6.07 Å². The molecular formula is C15H14ClNO4. The summed E-state index contributed by atoms with van der Waals surface area (Å²) < 4.78 is 5.55. The lowest BCUT2D eigenvalue weighted by molar-refractivity contribution is -0.385. The first kappa shape index (κ1) is 15.3. The molecule has 1 N–H and O–H groups in total. The first-order chi connectivity index (χ1) is 10.1. The number of benzene rings is 2. The molecule has 0 bridgehead atoms. The average Bonchev–Trinajstić information content (AvgIpc) is 2.47. The number of hydrogen-bond donors (Lipinski definition) is 1. The van der Waals surface area contributed by atoms with Crippen LogP contribution in [-0.4, -0.2) is 16.6 Å². The Hall–Kier alpha value is -2.11. The fourth-order valence-electron chi connectivity index (χ4n) is 1.87. The number of nitro groups is 1. The number of aliphatic hydroxyl groups excluding tert-OH is 1. The van der Waals surface area contributed by atoms with E-state index in [2.05, 4.69) is 0 Å². The molecule has 0 aromatic heterocycles. The van der Waals surface area contributed by atoms with Crippen molar-refractivity contribution in [2.45, 2.75) is 13.0 Å². The maximum atomic E-state index is 11.0. The van der Waals surface area contributed by atoms with Crippen molar-refractivity contribution in [1.29, 1.82) is 0 Å². The van der Waals surface area contributed by atoms with Crippen LogP contribution in [0.3, 0.4) is 0 Å². The number of nitro benzene ring substituents is 1. The van der Waals surface area contributed by atoms with Crippen LogP contribution in [0.5, 0.6) is 5.75 Å². The third kappa shape index (κ3) is 4.18. The van der Waals surface area contributed by atoms with Gasteiger partial charge in [0.05, 0.1) is 10.5 Å². The van der Waals surface area contributed by atoms with Crippen molar-refractivity contribution >= 4 is 17.3 Å². The molecule has 0 atom stereocenters. The van der Waals surface area contributed by atoms with Gasteiger partial charge in [0.2, 0.25) is 0 Å². The monoisotopic (exact) mass is 307 g/mol. The number of aliphatic hydroxyl groups is 1. The Balaban J connectivity index is 2.07. The molecule has 0 heterocycles. The molecular weight excluding hydrogens is 294 g/mol. The van der Waals surface area contributed by atoms with Gasteiger partial charge in [0.15, 0.2) is 0 Å². The quantitative estimate of drug-likeness (QED) is 0.656. The summed E-state index contributed by atoms with van der Waals surface area (Å²) in [7, 11) is 0. The molecule has 0 aliphatic heterocycles. The Labute approximate surface area is 126 Å². The lowest BCUT2D eigenvalue weighted by Gasteiger charge is -2.08. The molecule has 110 valence electrons. The van der Waals surface area contributed by atoms with E-state index in [0.29, 0.717) is 22.8 Å². The molecule has 0 fully saturated rings. The fraction of sp³-hybridized carbons (Fsp3) is 0.200. The van der Waals surface area contributed by atoms with E-state index < -0.39 is 4.92 Å². The molecule has 21 heavy (non-hydrogen) atoms. The minimum absolute atomic E-state index is 0.0561. The summed E-state index contributed by atoms with van der Waals surface area (Å²) in [5.41, 5.74) is 1.41. The molecule has 2 aromatic carbocycles. The zero-order valence-corrected chi connectivity index (χ0v) is 11.9. The van der Waals surface area contributed by atoms with Gasteiger partial charge < -0.3 is 9.84 Å². The maximum absolute atomic E-state index is 11.0. The van der Waals surface area contributed by atoms with Gasteiger partial charge in [-0.2, -0.15) is 0 Å². The summed E-state index contributed by atoms with van der Waals surface area (Å²) in [6.07, 6.45) is 0.586. The zero-order valence-electron chi connectivity index (χ0n) is 11.2. The largest absolute Gasteiger partial charge is 0.489 e. The molecule has 2 aromatic rings. The van der Waals surface area contributed by atoms with Crippen molar-refractivity contribution in [3.63, 3.8) is 0 Å². The van der Waals surface area contributed by atoms with Crippen LogP contribution in [-0.2, 0) is 13.0 Å². The van der Waals surface area contributed by atoms with E-state index in [9.17, 15) is 10.1 Å². The predicted molar refractivity (Wildman–Crippen MR) is 79.7 cm³/mol. The zero-order chi connectivity index (χ0) is 15.2. The standard InChI is InChI=1S/C15H14ClNO4/c16-13-4-3-12(15(9-13)17(19)20)10-21-14-5-1-11(2-6-14)7-8-18/h1-6,9,18H,7-8,10H2. The van der Waals surface area contributed by atoms with Crippen LogP contribution in [0.2, 0.25) is 5.02 Å². The number of rotatable bonds is 6. The third-order valence-electron chi connectivity index (χ3n) is 2.96. The number of hydrogen-bond acceptors (Lipinski definition) is 4. The Morgan fingerprint density at radius 3 is 2.52 bits per heavy atom. The van der Waals surface area contributed by atoms with E-state index in [-0.39, 0.29) is 18.9 Å². The lowest BCUT2D eigenvalue weighted by Crippen LogP contribution is -2.01. The second-order valence-electron chi connectivity index (χ2n) is 4.44. The van der Waals surface area contributed by atoms with E-state index in [4.69, 9.17) is 21.4 Å². The first-order valence-corrected chi connectivity index (χ1v) is 6.73. The van der Waals surface area contributed by atoms with Gasteiger partial charge >= 0.3 is 0 Å². The van der Waals surface area contributed by atoms with Crippen LogP contribution in [0.4, 0.5) is 5.69 Å². The number of halogens is 1. The lowest BCUT2D eigenvalue weighted by atomic mass is 10.1. The van der Waals surface area contributed by atoms with Gasteiger partial charge in [0, 0.05) is 17.7 Å². The van der Waals surface area contributed by atoms with Gasteiger partial charge in [-0.3, -0.25) is 10.1 Å². The van der Waals surface area contributed by atoms with Gasteiger partial charge in [-0.25, -0.2) is 0 Å². The second kappa shape index (κ2) is 7.06. The van der Waals surface area contributed by atoms with Crippen LogP contribution in [0, 0.1) is 10.1 Å². The second-order valence-corrected chi connectivity index (χ2v) is 4.87. The molecule has 6 heteroatoms. The SMILES string of the molecule is O=[N+]([O-])c1cc(Cl)ccc1COc1ccc(CCO)cc1. The molecule has 0 amide bonds. The third-order valence-corrected chi connectivity index (χ3v) is 3.20. The van der Waals surface area contributed by atoms with Crippen LogP contribution in [0.1, 0.15) is 11.1 Å². The van der Waals surface area contributed by atoms with Gasteiger partial charge in [-0.15, -0.1) is 0 Å². The minimum Gasteiger partial charge on any atom is -0.489 e. The van der Waals surface area contributed by atoms with Crippen LogP contribution in [0.15, 0.2) is 42.5 Å². The summed E-state index contributed by atoms with van der Waals surface area (Å²) in [4.78, 5) is 10.5. The Kier molecular flexibility index (Phi) is 5.14. The van der Waals surface area contributed by atoms with Crippen molar-refractivity contribution in [1.82, 2.24) is 0 Å². The topological polar surface area (TPSA) is 72.6 Å². The number of nitrogens with zero attached hydrogens (tertiary/aromatic N) is 1. The maximum Gasteiger partial charge on any atom is 0.277 e. The van der Waals surface area contributed by atoms with Gasteiger partial charge in [-0.1, -0.05) is 23.7 Å². The molecule has 0 saturated carbocycles. The highest BCUT2D eigenvalue weighted by atomic mass is 35.5. The molecule has 0 unspecified atom stereocenters. The van der Waals surface area contributed by atoms with E-state index in [0.717, 1.165) is 5.56 Å². The molecule has 0 spiro atoms. The highest BCUT2D eigenvalue weighted by Crippen LogP contribution is 2.24. The van der Waals surface area contributed by atoms with Gasteiger partial charge in [0.25, 0.3) is 5.69 Å². The highest BCUT2D eigenvalue weighted by Gasteiger charge is 2.14. The van der Waals surface area contributed by atoms with Crippen LogP contribution < -0.4 is 4.74 Å². The summed E-state index contributed by atoms with van der Waals surface area (Å²) >= 11 is 5.76. The van der Waals surface area contributed by atoms with Crippen LogP contribution >= 0.6 is 11.6 Å². The average molecular weight is 308 g/mol. The summed E-state index contributed by atoms with van der Waals surface area (Å²) in [5.74, 6) is 0.612. The van der Waals surface area contributed by atoms with E-state index in [1.54, 1.807) is 24.3 Å². The first-order valence-electron chi connectivity index (χ1n) is 6.35. The predicted octanol–water partition coefficient (Wildman–Crippen LogP) is 3.36. The van der Waals surface area contributed by atoms with E-state index in [1.807, 2.05) is 12.1 Å². The Morgan fingerprint density at radius 2 is 1.90 bits per heavy atom. The summed E-state index contributed by atoms with van der Waals surface area (Å²) in [6.45, 7) is 0.185. The Morgan fingerprint density at radius 1 is 1.19 bits per heavy atom. The van der Waals surface area contributed by atoms with Crippen molar-refractivity contribution in [3.05, 3.63) is 68.7 Å². The summed E-state index contributed by atoms with van der Waals surface area (Å²) in [5, 5.41) is 20.1. The van der Waals surface area contributed by atoms with Crippen molar-refractivity contribution in [3.8, 4) is 5.75 Å². The molecule has 0 aliphatic carbocycles. The van der Waals surface area contributed by atoms with Gasteiger partial charge in [0.1, 0.15) is 12.4 Å². The molecule has 2 rings (SSSR count). The van der Waals surface area contributed by atoms with Crippen molar-refractivity contribution < 1.29 is 14.8 Å². The van der Waals surface area contributed by atoms with Crippen LogP contribution in [0.25, 0.3) is 0 Å². The van der Waals surface area contributed by atoms with Crippen molar-refractivity contribution in [2.75, 3.05) is 6.61 Å². The minimum atomic E-state index is -0.477. The molecule has 0 saturated heterocycles. The van der Waals surface area contributed by atoms with Gasteiger partial charge in [-0.05, 0) is 36.2 Å². The fourth-order valence-corrected chi connectivity index (χ4v) is 2.04. The Bertz CT molecular complexity index is 628. The summed E-state index contributed by atoms with van der Waals surface area (Å²) in [6, 6.07) is 11.7. The smallest absolute Gasteiger partial charge is 0.277 e. The molecule has 0 radical (unpaired) electrons. The van der Waals surface area contributed by atoms with Crippen molar-refractivity contribution in [2.24, 2.45) is 0 Å². The number of ether oxygens (including phenoxy) is 1. The normalized spacial score (nSPS) is 10.4. The highest BCUT2D eigenvalue weighted by molar-refractivity contribution is 6.30. The van der Waals surface area contributed by atoms with E-state index >= 15 is 0 Å².